The van der Waals surface area contributed by atoms with E-state index in [1.807, 2.05) is 0 Å². The second kappa shape index (κ2) is 8.84. The molecule has 2 heterocycles. The van der Waals surface area contributed by atoms with E-state index in [2.05, 4.69) is 17.2 Å². The van der Waals surface area contributed by atoms with Crippen molar-refractivity contribution in [3.05, 3.63) is 88.9 Å². The average molecular weight is 455 g/mol. The third kappa shape index (κ3) is 4.22. The molecule has 32 heavy (non-hydrogen) atoms. The highest BCUT2D eigenvalue weighted by atomic mass is 35.5. The molecule has 0 bridgehead atoms. The summed E-state index contributed by atoms with van der Waals surface area (Å²) < 4.78 is 13.1. The van der Waals surface area contributed by atoms with Crippen LogP contribution in [-0.2, 0) is 9.59 Å². The van der Waals surface area contributed by atoms with Gasteiger partial charge in [-0.05, 0) is 42.0 Å². The van der Waals surface area contributed by atoms with Gasteiger partial charge < -0.3 is 15.5 Å². The zero-order chi connectivity index (χ0) is 22.8. The Morgan fingerprint density at radius 1 is 1.25 bits per heavy atom. The first-order valence-electron chi connectivity index (χ1n) is 9.89. The van der Waals surface area contributed by atoms with Gasteiger partial charge in [-0.2, -0.15) is 0 Å². The van der Waals surface area contributed by atoms with E-state index in [0.29, 0.717) is 27.5 Å². The number of carbonyl (C=O) groups excluding carboxylic acids is 3. The lowest BCUT2D eigenvalue weighted by Gasteiger charge is -2.33. The third-order valence-corrected chi connectivity index (χ3v) is 5.49. The zero-order valence-electron chi connectivity index (χ0n) is 17.0. The quantitative estimate of drug-likeness (QED) is 0.656. The van der Waals surface area contributed by atoms with Crippen LogP contribution in [0.1, 0.15) is 11.6 Å². The van der Waals surface area contributed by atoms with Crippen molar-refractivity contribution in [2.24, 2.45) is 0 Å². The van der Waals surface area contributed by atoms with Crippen LogP contribution in [-0.4, -0.2) is 47.3 Å². The fraction of sp³-hybridized carbons (Fsp3) is 0.174. The molecule has 4 rings (SSSR count). The molecule has 0 fully saturated rings. The molecule has 7 nitrogen and oxygen atoms in total. The Morgan fingerprint density at radius 3 is 2.69 bits per heavy atom. The Morgan fingerprint density at radius 2 is 2.00 bits per heavy atom. The lowest BCUT2D eigenvalue weighted by molar-refractivity contribution is -0.130. The molecule has 2 aromatic carbocycles. The Bertz CT molecular complexity index is 1130. The summed E-state index contributed by atoms with van der Waals surface area (Å²) in [6.07, 6.45) is 1.57. The summed E-state index contributed by atoms with van der Waals surface area (Å²) in [6.45, 7) is 3.78. The molecule has 0 spiro atoms. The van der Waals surface area contributed by atoms with Crippen molar-refractivity contribution in [2.45, 2.75) is 6.04 Å². The predicted molar refractivity (Wildman–Crippen MR) is 118 cm³/mol. The topological polar surface area (TPSA) is 81.8 Å². The molecule has 1 atom stereocenters. The number of carbonyl (C=O) groups is 3. The summed E-state index contributed by atoms with van der Waals surface area (Å²) in [5.41, 5.74) is 2.01. The minimum Gasteiger partial charge on any atom is -0.326 e. The van der Waals surface area contributed by atoms with Gasteiger partial charge in [-0.1, -0.05) is 29.8 Å². The maximum Gasteiger partial charge on any atom is 0.322 e. The van der Waals surface area contributed by atoms with Crippen LogP contribution >= 0.6 is 11.6 Å². The summed E-state index contributed by atoms with van der Waals surface area (Å²) in [6, 6.07) is 11.2. The van der Waals surface area contributed by atoms with E-state index in [4.69, 9.17) is 11.6 Å². The number of anilines is 1. The lowest BCUT2D eigenvalue weighted by atomic mass is 9.95. The van der Waals surface area contributed by atoms with Gasteiger partial charge in [-0.15, -0.1) is 6.58 Å². The van der Waals surface area contributed by atoms with Crippen LogP contribution in [0.3, 0.4) is 0 Å². The highest BCUT2D eigenvalue weighted by Gasteiger charge is 2.44. The molecular weight excluding hydrogens is 435 g/mol. The van der Waals surface area contributed by atoms with E-state index in [1.165, 1.54) is 34.1 Å². The highest BCUT2D eigenvalue weighted by Crippen LogP contribution is 2.36. The average Bonchev–Trinajstić information content (AvgIpc) is 3.07. The summed E-state index contributed by atoms with van der Waals surface area (Å²) >= 11 is 6.12. The van der Waals surface area contributed by atoms with Gasteiger partial charge in [0.05, 0.1) is 23.9 Å². The molecule has 164 valence electrons. The minimum atomic E-state index is -0.685. The van der Waals surface area contributed by atoms with Gasteiger partial charge in [0.1, 0.15) is 12.4 Å². The molecule has 1 unspecified atom stereocenters. The van der Waals surface area contributed by atoms with Gasteiger partial charge in [0.2, 0.25) is 5.91 Å². The van der Waals surface area contributed by atoms with Gasteiger partial charge in [0.25, 0.3) is 5.91 Å². The zero-order valence-corrected chi connectivity index (χ0v) is 17.7. The third-order valence-electron chi connectivity index (χ3n) is 5.25. The number of halogens is 2. The van der Waals surface area contributed by atoms with E-state index in [0.717, 1.165) is 0 Å². The largest absolute Gasteiger partial charge is 0.326 e. The van der Waals surface area contributed by atoms with Crippen LogP contribution in [0.4, 0.5) is 14.9 Å². The number of nitrogens with zero attached hydrogens (tertiary/aromatic N) is 2. The normalized spacial score (nSPS) is 17.9. The van der Waals surface area contributed by atoms with Crippen LogP contribution in [0.25, 0.3) is 0 Å². The first kappa shape index (κ1) is 21.6. The maximum absolute atomic E-state index is 13.3. The molecule has 4 amide bonds. The second-order valence-corrected chi connectivity index (χ2v) is 7.85. The summed E-state index contributed by atoms with van der Waals surface area (Å²) in [4.78, 5) is 41.4. The van der Waals surface area contributed by atoms with E-state index < -0.39 is 17.8 Å². The Hall–Kier alpha value is -3.65. The smallest absolute Gasteiger partial charge is 0.322 e. The molecule has 2 aliphatic rings. The molecule has 0 aliphatic carbocycles. The summed E-state index contributed by atoms with van der Waals surface area (Å²) in [7, 11) is 0. The standard InChI is InChI=1S/C23H20ClFN4O3/c1-2-10-29-18-12-28(13-19(30)26-17-8-6-16(25)7-9-17)22(31)20(18)21(27-23(29)32)14-4-3-5-15(24)11-14/h2-9,11,21H,1,10,12-13H2,(H,26,30)(H,27,32). The van der Waals surface area contributed by atoms with Gasteiger partial charge in [-0.3, -0.25) is 14.5 Å². The number of nitrogens with one attached hydrogen (secondary N) is 2. The predicted octanol–water partition coefficient (Wildman–Crippen LogP) is 3.47. The van der Waals surface area contributed by atoms with Crippen LogP contribution in [0.5, 0.6) is 0 Å². The Labute approximate surface area is 189 Å². The molecule has 0 saturated heterocycles. The van der Waals surface area contributed by atoms with Crippen molar-refractivity contribution in [1.29, 1.82) is 0 Å². The second-order valence-electron chi connectivity index (χ2n) is 7.41. The monoisotopic (exact) mass is 454 g/mol. The molecule has 2 N–H and O–H groups in total. The Kier molecular flexibility index (Phi) is 5.96. The van der Waals surface area contributed by atoms with E-state index in [1.54, 1.807) is 30.3 Å². The van der Waals surface area contributed by atoms with E-state index >= 15 is 0 Å². The number of benzene rings is 2. The van der Waals surface area contributed by atoms with Gasteiger partial charge in [0, 0.05) is 17.3 Å². The number of hydrogen-bond donors (Lipinski definition) is 2. The van der Waals surface area contributed by atoms with Crippen LogP contribution in [0.2, 0.25) is 5.02 Å². The Balaban J connectivity index is 1.59. The van der Waals surface area contributed by atoms with Crippen molar-refractivity contribution in [3.63, 3.8) is 0 Å². The number of urea groups is 1. The van der Waals surface area contributed by atoms with E-state index in [-0.39, 0.29) is 31.6 Å². The van der Waals surface area contributed by atoms with Crippen LogP contribution < -0.4 is 10.6 Å². The first-order chi connectivity index (χ1) is 15.4. The minimum absolute atomic E-state index is 0.101. The van der Waals surface area contributed by atoms with Crippen molar-refractivity contribution in [2.75, 3.05) is 25.0 Å². The molecule has 0 radical (unpaired) electrons. The van der Waals surface area contributed by atoms with E-state index in [9.17, 15) is 18.8 Å². The van der Waals surface area contributed by atoms with Crippen LogP contribution in [0.15, 0.2) is 72.5 Å². The fourth-order valence-corrected chi connectivity index (χ4v) is 4.04. The SMILES string of the molecule is C=CCN1C(=O)NC(c2cccc(Cl)c2)C2=C1CN(CC(=O)Nc1ccc(F)cc1)C2=O. The van der Waals surface area contributed by atoms with Crippen molar-refractivity contribution in [1.82, 2.24) is 15.1 Å². The van der Waals surface area contributed by atoms with Gasteiger partial charge in [0.15, 0.2) is 0 Å². The molecule has 0 aromatic heterocycles. The summed E-state index contributed by atoms with van der Waals surface area (Å²) in [5.74, 6) is -1.20. The molecule has 2 aliphatic heterocycles. The first-order valence-corrected chi connectivity index (χ1v) is 10.3. The highest BCUT2D eigenvalue weighted by molar-refractivity contribution is 6.30. The van der Waals surface area contributed by atoms with Gasteiger partial charge >= 0.3 is 6.03 Å². The number of amides is 4. The van der Waals surface area contributed by atoms with Crippen molar-refractivity contribution >= 4 is 35.1 Å². The lowest BCUT2D eigenvalue weighted by Crippen LogP contribution is -2.47. The molecule has 0 saturated carbocycles. The molecular formula is C23H20ClFN4O3. The molecule has 9 heteroatoms. The fourth-order valence-electron chi connectivity index (χ4n) is 3.84. The summed E-state index contributed by atoms with van der Waals surface area (Å²) in [5, 5.41) is 5.98. The number of hydrogen-bond acceptors (Lipinski definition) is 3. The van der Waals surface area contributed by atoms with Crippen molar-refractivity contribution < 1.29 is 18.8 Å². The molecule has 2 aromatic rings. The van der Waals surface area contributed by atoms with Crippen LogP contribution in [0, 0.1) is 5.82 Å². The number of rotatable bonds is 6. The maximum atomic E-state index is 13.3. The van der Waals surface area contributed by atoms with Crippen molar-refractivity contribution in [3.8, 4) is 0 Å². The van der Waals surface area contributed by atoms with Gasteiger partial charge in [-0.25, -0.2) is 9.18 Å².